The zero-order chi connectivity index (χ0) is 10.7. The topological polar surface area (TPSA) is 29.9 Å². The van der Waals surface area contributed by atoms with Gasteiger partial charge in [-0.2, -0.15) is 0 Å². The first-order valence-corrected chi connectivity index (χ1v) is 6.37. The molecular formula is C12H17N2S+. The Balaban J connectivity index is 2.03. The smallest absolute Gasteiger partial charge is 0.231 e. The predicted octanol–water partition coefficient (Wildman–Crippen LogP) is 3.12. The van der Waals surface area contributed by atoms with E-state index < -0.39 is 0 Å². The van der Waals surface area contributed by atoms with E-state index in [4.69, 9.17) is 0 Å². The summed E-state index contributed by atoms with van der Waals surface area (Å²) in [5.74, 6) is 1.95. The fourth-order valence-electron chi connectivity index (χ4n) is 1.45. The lowest BCUT2D eigenvalue weighted by Crippen LogP contribution is -2.02. The Hall–Kier alpha value is -0.960. The van der Waals surface area contributed by atoms with E-state index in [1.807, 2.05) is 11.8 Å². The summed E-state index contributed by atoms with van der Waals surface area (Å²) in [5.41, 5.74) is 2.37. The highest BCUT2D eigenvalue weighted by molar-refractivity contribution is 7.99. The van der Waals surface area contributed by atoms with Gasteiger partial charge in [-0.25, -0.2) is 9.97 Å². The van der Waals surface area contributed by atoms with Gasteiger partial charge in [-0.05, 0) is 36.2 Å². The third-order valence-corrected chi connectivity index (χ3v) is 3.30. The van der Waals surface area contributed by atoms with Crippen molar-refractivity contribution in [2.75, 3.05) is 5.75 Å². The molecule has 2 nitrogen and oxygen atoms in total. The second-order valence-electron chi connectivity index (χ2n) is 4.16. The molecule has 0 saturated heterocycles. The van der Waals surface area contributed by atoms with Crippen molar-refractivity contribution < 1.29 is 4.98 Å². The molecule has 0 amide bonds. The van der Waals surface area contributed by atoms with Gasteiger partial charge in [0.25, 0.3) is 0 Å². The van der Waals surface area contributed by atoms with Gasteiger partial charge in [0.15, 0.2) is 11.0 Å². The number of imidazole rings is 1. The van der Waals surface area contributed by atoms with E-state index in [2.05, 4.69) is 48.1 Å². The Morgan fingerprint density at radius 1 is 1.33 bits per heavy atom. The van der Waals surface area contributed by atoms with Gasteiger partial charge in [-0.1, -0.05) is 26.0 Å². The lowest BCUT2D eigenvalue weighted by Gasteiger charge is -1.99. The van der Waals surface area contributed by atoms with Crippen molar-refractivity contribution in [1.82, 2.24) is 4.98 Å². The second kappa shape index (κ2) is 4.71. The molecule has 0 radical (unpaired) electrons. The monoisotopic (exact) mass is 221 g/mol. The molecule has 0 bridgehead atoms. The van der Waals surface area contributed by atoms with Crippen LogP contribution >= 0.6 is 11.8 Å². The van der Waals surface area contributed by atoms with Crippen molar-refractivity contribution in [3.05, 3.63) is 24.3 Å². The molecule has 2 rings (SSSR count). The van der Waals surface area contributed by atoms with Gasteiger partial charge in [0.05, 0.1) is 0 Å². The maximum Gasteiger partial charge on any atom is 0.314 e. The number of hydrogen-bond donors (Lipinski definition) is 1. The molecule has 2 N–H and O–H groups in total. The number of aromatic nitrogens is 2. The quantitative estimate of drug-likeness (QED) is 0.790. The molecule has 15 heavy (non-hydrogen) atoms. The van der Waals surface area contributed by atoms with Crippen LogP contribution in [-0.4, -0.2) is 10.7 Å². The van der Waals surface area contributed by atoms with Crippen LogP contribution in [0.3, 0.4) is 0 Å². The molecule has 2 aromatic rings. The summed E-state index contributed by atoms with van der Waals surface area (Å²) in [6.07, 6.45) is 1.26. The Morgan fingerprint density at radius 3 is 2.87 bits per heavy atom. The van der Waals surface area contributed by atoms with Gasteiger partial charge >= 0.3 is 5.16 Å². The van der Waals surface area contributed by atoms with Gasteiger partial charge < -0.3 is 0 Å². The zero-order valence-corrected chi connectivity index (χ0v) is 10.0. The predicted molar refractivity (Wildman–Crippen MR) is 65.0 cm³/mol. The summed E-state index contributed by atoms with van der Waals surface area (Å²) in [5, 5.41) is 1.16. The van der Waals surface area contributed by atoms with Crippen molar-refractivity contribution >= 4 is 22.8 Å². The van der Waals surface area contributed by atoms with Gasteiger partial charge in [0, 0.05) is 5.75 Å². The maximum atomic E-state index is 3.38. The summed E-state index contributed by atoms with van der Waals surface area (Å²) in [4.78, 5) is 6.75. The van der Waals surface area contributed by atoms with Crippen LogP contribution in [0.25, 0.3) is 11.0 Å². The lowest BCUT2D eigenvalue weighted by molar-refractivity contribution is -0.396. The van der Waals surface area contributed by atoms with Crippen molar-refractivity contribution in [3.8, 4) is 0 Å². The second-order valence-corrected chi connectivity index (χ2v) is 5.26. The maximum absolute atomic E-state index is 3.38. The van der Waals surface area contributed by atoms with Crippen LogP contribution in [-0.2, 0) is 0 Å². The molecule has 0 spiro atoms. The third kappa shape index (κ3) is 2.75. The molecule has 0 aliphatic heterocycles. The van der Waals surface area contributed by atoms with E-state index in [1.54, 1.807) is 0 Å². The number of para-hydroxylation sites is 2. The van der Waals surface area contributed by atoms with E-state index in [1.165, 1.54) is 23.2 Å². The first kappa shape index (κ1) is 10.6. The molecule has 3 heteroatoms. The van der Waals surface area contributed by atoms with Crippen LogP contribution in [0, 0.1) is 5.92 Å². The largest absolute Gasteiger partial charge is 0.314 e. The normalized spacial score (nSPS) is 11.4. The highest BCUT2D eigenvalue weighted by Crippen LogP contribution is 2.17. The molecule has 0 atom stereocenters. The average molecular weight is 221 g/mol. The molecule has 1 aromatic carbocycles. The fraction of sp³-hybridized carbons (Fsp3) is 0.417. The molecule has 80 valence electrons. The lowest BCUT2D eigenvalue weighted by atomic mass is 10.2. The van der Waals surface area contributed by atoms with Crippen LogP contribution in [0.4, 0.5) is 0 Å². The number of thioether (sulfide) groups is 1. The number of hydrogen-bond acceptors (Lipinski definition) is 1. The van der Waals surface area contributed by atoms with Gasteiger partial charge in [-0.15, -0.1) is 0 Å². The van der Waals surface area contributed by atoms with Gasteiger partial charge in [0.2, 0.25) is 0 Å². The van der Waals surface area contributed by atoms with Crippen molar-refractivity contribution in [1.29, 1.82) is 0 Å². The van der Waals surface area contributed by atoms with Crippen LogP contribution in [0.2, 0.25) is 0 Å². The van der Waals surface area contributed by atoms with E-state index in [0.29, 0.717) is 0 Å². The number of rotatable bonds is 4. The molecule has 0 fully saturated rings. The van der Waals surface area contributed by atoms with Gasteiger partial charge in [0.1, 0.15) is 0 Å². The summed E-state index contributed by atoms with van der Waals surface area (Å²) in [7, 11) is 0. The van der Waals surface area contributed by atoms with Crippen LogP contribution in [0.1, 0.15) is 20.3 Å². The minimum absolute atomic E-state index is 0.780. The van der Waals surface area contributed by atoms with E-state index in [0.717, 1.165) is 11.1 Å². The van der Waals surface area contributed by atoms with Crippen molar-refractivity contribution in [3.63, 3.8) is 0 Å². The Morgan fingerprint density at radius 2 is 2.13 bits per heavy atom. The van der Waals surface area contributed by atoms with Crippen molar-refractivity contribution in [2.24, 2.45) is 5.92 Å². The van der Waals surface area contributed by atoms with Crippen LogP contribution in [0.15, 0.2) is 29.4 Å². The van der Waals surface area contributed by atoms with Gasteiger partial charge in [-0.3, -0.25) is 0 Å². The summed E-state index contributed by atoms with van der Waals surface area (Å²) >= 11 is 1.86. The molecule has 0 unspecified atom stereocenters. The highest BCUT2D eigenvalue weighted by atomic mass is 32.2. The Bertz CT molecular complexity index is 401. The van der Waals surface area contributed by atoms with E-state index in [9.17, 15) is 0 Å². The third-order valence-electron chi connectivity index (χ3n) is 2.37. The molecule has 1 heterocycles. The summed E-state index contributed by atoms with van der Waals surface area (Å²) in [6.45, 7) is 4.52. The average Bonchev–Trinajstić information content (AvgIpc) is 2.59. The minimum atomic E-state index is 0.780. The minimum Gasteiger partial charge on any atom is -0.231 e. The number of nitrogens with one attached hydrogen (secondary N) is 2. The Kier molecular flexibility index (Phi) is 3.31. The summed E-state index contributed by atoms with van der Waals surface area (Å²) in [6, 6.07) is 8.29. The summed E-state index contributed by atoms with van der Waals surface area (Å²) < 4.78 is 0. The number of benzene rings is 1. The van der Waals surface area contributed by atoms with E-state index in [-0.39, 0.29) is 0 Å². The zero-order valence-electron chi connectivity index (χ0n) is 9.21. The fourth-order valence-corrected chi connectivity index (χ4v) is 2.60. The van der Waals surface area contributed by atoms with Crippen molar-refractivity contribution in [2.45, 2.75) is 25.4 Å². The molecule has 1 aromatic heterocycles. The first-order chi connectivity index (χ1) is 7.25. The molecular weight excluding hydrogens is 204 g/mol. The number of aromatic amines is 2. The molecule has 0 aliphatic carbocycles. The standard InChI is InChI=1S/C12H16N2S/c1-9(2)7-8-15-12-13-10-5-3-4-6-11(10)14-12/h3-6,9H,7-8H2,1-2H3,(H,13,14)/p+1. The Labute approximate surface area is 94.5 Å². The molecule has 0 saturated carbocycles. The van der Waals surface area contributed by atoms with Crippen LogP contribution < -0.4 is 4.98 Å². The number of H-pyrrole nitrogens is 2. The first-order valence-electron chi connectivity index (χ1n) is 5.38. The van der Waals surface area contributed by atoms with E-state index >= 15 is 0 Å². The SMILES string of the molecule is CC(C)CCSc1[nH]c2ccccc2[nH+]1. The number of fused-ring (bicyclic) bond motifs is 1. The highest BCUT2D eigenvalue weighted by Gasteiger charge is 2.09. The molecule has 0 aliphatic rings. The van der Waals surface area contributed by atoms with Crippen LogP contribution in [0.5, 0.6) is 0 Å².